The summed E-state index contributed by atoms with van der Waals surface area (Å²) in [4.78, 5) is 40.5. The van der Waals surface area contributed by atoms with E-state index in [4.69, 9.17) is 5.73 Å². The van der Waals surface area contributed by atoms with Crippen LogP contribution in [-0.2, 0) is 26.2 Å². The number of nitrogens with zero attached hydrogens (tertiary/aromatic N) is 2. The number of nitrogens with two attached hydrogens (primary N) is 1. The first-order chi connectivity index (χ1) is 13.3. The summed E-state index contributed by atoms with van der Waals surface area (Å²) in [5, 5.41) is 0. The molecule has 2 aromatic carbocycles. The first kappa shape index (κ1) is 19.6. The zero-order chi connectivity index (χ0) is 20.3. The molecule has 0 fully saturated rings. The lowest BCUT2D eigenvalue weighted by atomic mass is 9.73. The van der Waals surface area contributed by atoms with Crippen LogP contribution in [0.15, 0.2) is 54.6 Å². The van der Waals surface area contributed by atoms with Gasteiger partial charge in [0.15, 0.2) is 0 Å². The summed E-state index contributed by atoms with van der Waals surface area (Å²) in [6, 6.07) is 17.3. The van der Waals surface area contributed by atoms with Crippen molar-refractivity contribution in [3.05, 3.63) is 65.7 Å². The van der Waals surface area contributed by atoms with E-state index in [1.165, 1.54) is 4.90 Å². The van der Waals surface area contributed by atoms with E-state index in [9.17, 15) is 14.4 Å². The van der Waals surface area contributed by atoms with Crippen molar-refractivity contribution in [3.63, 3.8) is 0 Å². The summed E-state index contributed by atoms with van der Waals surface area (Å²) >= 11 is 0. The Morgan fingerprint density at radius 2 is 1.71 bits per heavy atom. The molecule has 0 aromatic heterocycles. The fourth-order valence-electron chi connectivity index (χ4n) is 3.86. The molecule has 3 amide bonds. The van der Waals surface area contributed by atoms with Gasteiger partial charge in [-0.1, -0.05) is 48.5 Å². The number of para-hydroxylation sites is 1. The largest absolute Gasteiger partial charge is 0.370 e. The molecule has 2 N–H and O–H groups in total. The zero-order valence-corrected chi connectivity index (χ0v) is 16.2. The van der Waals surface area contributed by atoms with Crippen molar-refractivity contribution in [3.8, 4) is 0 Å². The highest BCUT2D eigenvalue weighted by atomic mass is 16.2. The van der Waals surface area contributed by atoms with Gasteiger partial charge in [-0.2, -0.15) is 0 Å². The summed E-state index contributed by atoms with van der Waals surface area (Å²) in [5.41, 5.74) is 6.92. The number of amides is 3. The molecule has 0 radical (unpaired) electrons. The summed E-state index contributed by atoms with van der Waals surface area (Å²) in [5.74, 6) is -0.731. The highest BCUT2D eigenvalue weighted by molar-refractivity contribution is 6.09. The van der Waals surface area contributed by atoms with E-state index in [1.807, 2.05) is 54.6 Å². The molecule has 0 spiro atoms. The number of carbonyl (C=O) groups excluding carboxylic acids is 3. The Bertz CT molecular complexity index is 897. The minimum absolute atomic E-state index is 0.0390. The highest BCUT2D eigenvalue weighted by Gasteiger charge is 2.51. The Kier molecular flexibility index (Phi) is 5.49. The molecule has 6 nitrogen and oxygen atoms in total. The van der Waals surface area contributed by atoms with Crippen LogP contribution < -0.4 is 10.6 Å². The van der Waals surface area contributed by atoms with Crippen molar-refractivity contribution in [1.82, 2.24) is 4.90 Å². The predicted octanol–water partition coefficient (Wildman–Crippen LogP) is 1.87. The van der Waals surface area contributed by atoms with Crippen LogP contribution in [0.1, 0.15) is 24.0 Å². The molecule has 0 saturated heterocycles. The number of carbonyl (C=O) groups is 3. The standard InChI is InChI=1S/C22H25N3O3/c1-24(13-12-19(23)26)20(27)15-22(14-16-8-4-3-5-9-16)17-10-6-7-11-18(17)25(2)21(22)28/h3-11H,12-15H2,1-2H3,(H2,23,26)/t22-/m0/s1. The number of benzene rings is 2. The van der Waals surface area contributed by atoms with E-state index in [2.05, 4.69) is 0 Å². The first-order valence-corrected chi connectivity index (χ1v) is 9.29. The van der Waals surface area contributed by atoms with E-state index in [0.29, 0.717) is 6.42 Å². The number of rotatable bonds is 7. The molecule has 0 aliphatic carbocycles. The fraction of sp³-hybridized carbons (Fsp3) is 0.318. The van der Waals surface area contributed by atoms with Gasteiger partial charge in [-0.25, -0.2) is 0 Å². The number of primary amides is 1. The van der Waals surface area contributed by atoms with Crippen molar-refractivity contribution < 1.29 is 14.4 Å². The number of likely N-dealkylation sites (N-methyl/N-ethyl adjacent to an activating group) is 1. The number of hydrogen-bond donors (Lipinski definition) is 1. The number of anilines is 1. The quantitative estimate of drug-likeness (QED) is 0.797. The molecule has 0 bridgehead atoms. The SMILES string of the molecule is CN(CCC(N)=O)C(=O)C[C@]1(Cc2ccccc2)C(=O)N(C)c2ccccc21. The monoisotopic (exact) mass is 379 g/mol. The maximum Gasteiger partial charge on any atom is 0.238 e. The molecule has 0 unspecified atom stereocenters. The average molecular weight is 379 g/mol. The summed E-state index contributed by atoms with van der Waals surface area (Å²) in [7, 11) is 3.38. The Morgan fingerprint density at radius 1 is 1.07 bits per heavy atom. The Balaban J connectivity index is 1.98. The van der Waals surface area contributed by atoms with Crippen LogP contribution in [-0.4, -0.2) is 43.3 Å². The molecular formula is C22H25N3O3. The van der Waals surface area contributed by atoms with E-state index in [-0.39, 0.29) is 31.2 Å². The molecule has 1 aliphatic rings. The maximum atomic E-state index is 13.4. The molecule has 0 saturated carbocycles. The maximum absolute atomic E-state index is 13.4. The zero-order valence-electron chi connectivity index (χ0n) is 16.2. The van der Waals surface area contributed by atoms with E-state index in [1.54, 1.807) is 19.0 Å². The van der Waals surface area contributed by atoms with Crippen LogP contribution in [0.3, 0.4) is 0 Å². The third kappa shape index (κ3) is 3.63. The van der Waals surface area contributed by atoms with Crippen LogP contribution in [0.5, 0.6) is 0 Å². The van der Waals surface area contributed by atoms with Gasteiger partial charge in [-0.15, -0.1) is 0 Å². The number of fused-ring (bicyclic) bond motifs is 1. The lowest BCUT2D eigenvalue weighted by Crippen LogP contribution is -2.45. The van der Waals surface area contributed by atoms with Crippen molar-refractivity contribution in [1.29, 1.82) is 0 Å². The van der Waals surface area contributed by atoms with Gasteiger partial charge in [0.1, 0.15) is 0 Å². The Morgan fingerprint density at radius 3 is 2.39 bits per heavy atom. The summed E-state index contributed by atoms with van der Waals surface area (Å²) in [6.07, 6.45) is 0.569. The van der Waals surface area contributed by atoms with E-state index < -0.39 is 11.3 Å². The van der Waals surface area contributed by atoms with Gasteiger partial charge in [0.25, 0.3) is 0 Å². The van der Waals surface area contributed by atoms with E-state index >= 15 is 0 Å². The summed E-state index contributed by atoms with van der Waals surface area (Å²) in [6.45, 7) is 0.237. The molecule has 28 heavy (non-hydrogen) atoms. The van der Waals surface area contributed by atoms with Gasteiger partial charge in [-0.3, -0.25) is 14.4 Å². The van der Waals surface area contributed by atoms with Gasteiger partial charge in [0, 0.05) is 39.2 Å². The predicted molar refractivity (Wildman–Crippen MR) is 108 cm³/mol. The summed E-state index contributed by atoms with van der Waals surface area (Å²) < 4.78 is 0. The molecule has 1 aliphatic heterocycles. The van der Waals surface area contributed by atoms with Gasteiger partial charge in [0.2, 0.25) is 17.7 Å². The molecule has 2 aromatic rings. The van der Waals surface area contributed by atoms with Crippen LogP contribution in [0, 0.1) is 0 Å². The molecular weight excluding hydrogens is 354 g/mol. The third-order valence-electron chi connectivity index (χ3n) is 5.42. The Hall–Kier alpha value is -3.15. The van der Waals surface area contributed by atoms with Crippen LogP contribution in [0.4, 0.5) is 5.69 Å². The topological polar surface area (TPSA) is 83.7 Å². The first-order valence-electron chi connectivity index (χ1n) is 9.29. The van der Waals surface area contributed by atoms with Crippen molar-refractivity contribution in [2.24, 2.45) is 5.73 Å². The average Bonchev–Trinajstić information content (AvgIpc) is 2.89. The second-order valence-electron chi connectivity index (χ2n) is 7.33. The molecule has 6 heteroatoms. The fourth-order valence-corrected chi connectivity index (χ4v) is 3.86. The molecule has 3 rings (SSSR count). The Labute approximate surface area is 164 Å². The minimum atomic E-state index is -0.967. The van der Waals surface area contributed by atoms with E-state index in [0.717, 1.165) is 16.8 Å². The normalized spacial score (nSPS) is 18.1. The lowest BCUT2D eigenvalue weighted by molar-refractivity contribution is -0.135. The van der Waals surface area contributed by atoms with Crippen LogP contribution in [0.25, 0.3) is 0 Å². The third-order valence-corrected chi connectivity index (χ3v) is 5.42. The second kappa shape index (κ2) is 7.84. The second-order valence-corrected chi connectivity index (χ2v) is 7.33. The van der Waals surface area contributed by atoms with Crippen LogP contribution in [0.2, 0.25) is 0 Å². The van der Waals surface area contributed by atoms with Gasteiger partial charge < -0.3 is 15.5 Å². The lowest BCUT2D eigenvalue weighted by Gasteiger charge is -2.30. The van der Waals surface area contributed by atoms with Gasteiger partial charge in [-0.05, 0) is 23.6 Å². The van der Waals surface area contributed by atoms with Crippen molar-refractivity contribution in [2.75, 3.05) is 25.5 Å². The number of hydrogen-bond acceptors (Lipinski definition) is 3. The molecule has 146 valence electrons. The van der Waals surface area contributed by atoms with Gasteiger partial charge >= 0.3 is 0 Å². The van der Waals surface area contributed by atoms with Crippen LogP contribution >= 0.6 is 0 Å². The molecule has 1 heterocycles. The van der Waals surface area contributed by atoms with Gasteiger partial charge in [0.05, 0.1) is 5.41 Å². The molecule has 1 atom stereocenters. The minimum Gasteiger partial charge on any atom is -0.370 e. The highest BCUT2D eigenvalue weighted by Crippen LogP contribution is 2.45. The van der Waals surface area contributed by atoms with Crippen molar-refractivity contribution >= 4 is 23.4 Å². The smallest absolute Gasteiger partial charge is 0.238 e. The van der Waals surface area contributed by atoms with Crippen molar-refractivity contribution in [2.45, 2.75) is 24.7 Å².